The Labute approximate surface area is 102 Å². The summed E-state index contributed by atoms with van der Waals surface area (Å²) >= 11 is 5.90. The average molecular weight is 258 g/mol. The van der Waals surface area contributed by atoms with Gasteiger partial charge in [0.15, 0.2) is 11.6 Å². The summed E-state index contributed by atoms with van der Waals surface area (Å²) in [5, 5.41) is 4.23. The fourth-order valence-electron chi connectivity index (χ4n) is 1.68. The molecule has 0 aliphatic heterocycles. The van der Waals surface area contributed by atoms with E-state index in [2.05, 4.69) is 5.10 Å². The van der Waals surface area contributed by atoms with Crippen LogP contribution < -0.4 is 5.73 Å². The first-order chi connectivity index (χ1) is 8.02. The van der Waals surface area contributed by atoms with Gasteiger partial charge < -0.3 is 5.73 Å². The molecule has 3 nitrogen and oxygen atoms in total. The van der Waals surface area contributed by atoms with Crippen LogP contribution in [0.5, 0.6) is 0 Å². The lowest BCUT2D eigenvalue weighted by molar-refractivity contribution is 0.491. The zero-order valence-corrected chi connectivity index (χ0v) is 9.75. The fourth-order valence-corrected chi connectivity index (χ4v) is 1.96. The molecule has 0 fully saturated rings. The molecule has 2 rings (SSSR count). The molecule has 0 radical (unpaired) electrons. The lowest BCUT2D eigenvalue weighted by atomic mass is 10.0. The highest BCUT2D eigenvalue weighted by Gasteiger charge is 2.21. The van der Waals surface area contributed by atoms with Crippen LogP contribution in [0.3, 0.4) is 0 Å². The van der Waals surface area contributed by atoms with Gasteiger partial charge in [-0.2, -0.15) is 5.10 Å². The quantitative estimate of drug-likeness (QED) is 0.898. The van der Waals surface area contributed by atoms with Gasteiger partial charge in [-0.05, 0) is 6.07 Å². The average Bonchev–Trinajstić information content (AvgIpc) is 2.62. The van der Waals surface area contributed by atoms with Crippen molar-refractivity contribution in [3.05, 3.63) is 52.3 Å². The number of halogens is 3. The molecule has 2 N–H and O–H groups in total. The minimum atomic E-state index is -0.961. The zero-order chi connectivity index (χ0) is 12.6. The smallest absolute Gasteiger partial charge is 0.163 e. The van der Waals surface area contributed by atoms with Crippen molar-refractivity contribution in [2.24, 2.45) is 12.8 Å². The van der Waals surface area contributed by atoms with E-state index in [0.29, 0.717) is 10.7 Å². The van der Waals surface area contributed by atoms with Crippen LogP contribution in [-0.2, 0) is 7.05 Å². The van der Waals surface area contributed by atoms with Crippen LogP contribution in [0.2, 0.25) is 5.02 Å². The maximum atomic E-state index is 13.6. The van der Waals surface area contributed by atoms with E-state index in [1.165, 1.54) is 23.0 Å². The minimum absolute atomic E-state index is 0.0514. The molecule has 2 aromatic rings. The van der Waals surface area contributed by atoms with Crippen LogP contribution in [0.4, 0.5) is 8.78 Å². The number of hydrogen-bond donors (Lipinski definition) is 1. The minimum Gasteiger partial charge on any atom is -0.319 e. The summed E-state index contributed by atoms with van der Waals surface area (Å²) in [5.41, 5.74) is 6.37. The van der Waals surface area contributed by atoms with Crippen LogP contribution in [0.15, 0.2) is 24.4 Å². The third kappa shape index (κ3) is 2.03. The van der Waals surface area contributed by atoms with Gasteiger partial charge in [0.1, 0.15) is 0 Å². The predicted octanol–water partition coefficient (Wildman–Crippen LogP) is 2.40. The second-order valence-corrected chi connectivity index (χ2v) is 4.03. The fraction of sp³-hybridized carbons (Fsp3) is 0.182. The monoisotopic (exact) mass is 257 g/mol. The zero-order valence-electron chi connectivity index (χ0n) is 8.99. The first-order valence-electron chi connectivity index (χ1n) is 4.89. The van der Waals surface area contributed by atoms with Crippen molar-refractivity contribution in [1.29, 1.82) is 0 Å². The van der Waals surface area contributed by atoms with Crippen molar-refractivity contribution < 1.29 is 8.78 Å². The summed E-state index contributed by atoms with van der Waals surface area (Å²) in [7, 11) is 1.64. The van der Waals surface area contributed by atoms with Gasteiger partial charge in [-0.3, -0.25) is 4.68 Å². The van der Waals surface area contributed by atoms with E-state index in [4.69, 9.17) is 17.3 Å². The van der Waals surface area contributed by atoms with Crippen molar-refractivity contribution in [1.82, 2.24) is 9.78 Å². The largest absolute Gasteiger partial charge is 0.319 e. The van der Waals surface area contributed by atoms with Gasteiger partial charge in [0, 0.05) is 12.6 Å². The van der Waals surface area contributed by atoms with Crippen LogP contribution in [0, 0.1) is 11.6 Å². The molecule has 90 valence electrons. The summed E-state index contributed by atoms with van der Waals surface area (Å²) < 4.78 is 28.1. The molecule has 1 heterocycles. The second kappa shape index (κ2) is 4.43. The van der Waals surface area contributed by atoms with Gasteiger partial charge in [-0.1, -0.05) is 23.7 Å². The molecular formula is C11H10ClF2N3. The second-order valence-electron chi connectivity index (χ2n) is 3.62. The van der Waals surface area contributed by atoms with E-state index in [-0.39, 0.29) is 5.56 Å². The molecule has 0 saturated heterocycles. The normalized spacial score (nSPS) is 12.8. The lowest BCUT2D eigenvalue weighted by Crippen LogP contribution is -2.18. The Morgan fingerprint density at radius 3 is 2.71 bits per heavy atom. The van der Waals surface area contributed by atoms with Crippen molar-refractivity contribution in [3.63, 3.8) is 0 Å². The van der Waals surface area contributed by atoms with E-state index in [1.807, 2.05) is 0 Å². The molecular weight excluding hydrogens is 248 g/mol. The van der Waals surface area contributed by atoms with E-state index < -0.39 is 17.7 Å². The molecule has 1 aromatic heterocycles. The molecule has 0 aliphatic carbocycles. The standard InChI is InChI=1S/C11H10ClF2N3/c1-17-11(7(12)5-16-17)10(15)6-3-2-4-8(13)9(6)14/h2-5,10H,15H2,1H3. The van der Waals surface area contributed by atoms with Gasteiger partial charge >= 0.3 is 0 Å². The van der Waals surface area contributed by atoms with E-state index in [1.54, 1.807) is 7.05 Å². The van der Waals surface area contributed by atoms with Crippen LogP contribution in [-0.4, -0.2) is 9.78 Å². The molecule has 1 aromatic carbocycles. The maximum Gasteiger partial charge on any atom is 0.163 e. The van der Waals surface area contributed by atoms with E-state index >= 15 is 0 Å². The third-order valence-electron chi connectivity index (χ3n) is 2.55. The van der Waals surface area contributed by atoms with Crippen LogP contribution in [0.1, 0.15) is 17.3 Å². The highest BCUT2D eigenvalue weighted by atomic mass is 35.5. The molecule has 0 amide bonds. The van der Waals surface area contributed by atoms with Crippen LogP contribution >= 0.6 is 11.6 Å². The number of aryl methyl sites for hydroxylation is 1. The van der Waals surface area contributed by atoms with Gasteiger partial charge in [0.2, 0.25) is 0 Å². The third-order valence-corrected chi connectivity index (χ3v) is 2.84. The Morgan fingerprint density at radius 2 is 2.12 bits per heavy atom. The van der Waals surface area contributed by atoms with Crippen molar-refractivity contribution >= 4 is 11.6 Å². The Hall–Kier alpha value is -1.46. The molecule has 0 aliphatic rings. The van der Waals surface area contributed by atoms with Gasteiger partial charge in [0.05, 0.1) is 23.0 Å². The summed E-state index contributed by atoms with van der Waals surface area (Å²) in [4.78, 5) is 0. The Kier molecular flexibility index (Phi) is 3.13. The number of benzene rings is 1. The summed E-state index contributed by atoms with van der Waals surface area (Å²) in [6.07, 6.45) is 1.41. The Bertz CT molecular complexity index is 534. The molecule has 6 heteroatoms. The number of hydrogen-bond acceptors (Lipinski definition) is 2. The summed E-state index contributed by atoms with van der Waals surface area (Å²) in [6.45, 7) is 0. The molecule has 0 spiro atoms. The topological polar surface area (TPSA) is 43.8 Å². The highest BCUT2D eigenvalue weighted by molar-refractivity contribution is 6.31. The predicted molar refractivity (Wildman–Crippen MR) is 60.6 cm³/mol. The van der Waals surface area contributed by atoms with Crippen molar-refractivity contribution in [2.45, 2.75) is 6.04 Å². The number of rotatable bonds is 2. The molecule has 0 bridgehead atoms. The maximum absolute atomic E-state index is 13.6. The molecule has 17 heavy (non-hydrogen) atoms. The number of nitrogens with two attached hydrogens (primary N) is 1. The molecule has 0 saturated carbocycles. The summed E-state index contributed by atoms with van der Waals surface area (Å²) in [6, 6.07) is 3.01. The van der Waals surface area contributed by atoms with Crippen LogP contribution in [0.25, 0.3) is 0 Å². The van der Waals surface area contributed by atoms with Crippen molar-refractivity contribution in [2.75, 3.05) is 0 Å². The molecule has 1 atom stereocenters. The van der Waals surface area contributed by atoms with Crippen molar-refractivity contribution in [3.8, 4) is 0 Å². The lowest BCUT2D eigenvalue weighted by Gasteiger charge is -2.14. The number of nitrogens with zero attached hydrogens (tertiary/aromatic N) is 2. The number of aromatic nitrogens is 2. The first kappa shape index (κ1) is 12.0. The first-order valence-corrected chi connectivity index (χ1v) is 5.27. The highest BCUT2D eigenvalue weighted by Crippen LogP contribution is 2.27. The summed E-state index contributed by atoms with van der Waals surface area (Å²) in [5.74, 6) is -1.89. The van der Waals surface area contributed by atoms with Gasteiger partial charge in [-0.25, -0.2) is 8.78 Å². The Balaban J connectivity index is 2.51. The molecule has 1 unspecified atom stereocenters. The van der Waals surface area contributed by atoms with Gasteiger partial charge in [-0.15, -0.1) is 0 Å². The van der Waals surface area contributed by atoms with E-state index in [9.17, 15) is 8.78 Å². The van der Waals surface area contributed by atoms with E-state index in [0.717, 1.165) is 6.07 Å². The van der Waals surface area contributed by atoms with Gasteiger partial charge in [0.25, 0.3) is 0 Å². The SMILES string of the molecule is Cn1ncc(Cl)c1C(N)c1cccc(F)c1F. The Morgan fingerprint density at radius 1 is 1.41 bits per heavy atom.